The fraction of sp³-hybridized carbons (Fsp3) is 0.769. The van der Waals surface area contributed by atoms with Gasteiger partial charge in [0.1, 0.15) is 18.3 Å². The summed E-state index contributed by atoms with van der Waals surface area (Å²) < 4.78 is 7.34. The number of aromatic nitrogens is 3. The molecule has 1 fully saturated rings. The Bertz CT molecular complexity index is 417. The zero-order chi connectivity index (χ0) is 13.7. The van der Waals surface area contributed by atoms with Gasteiger partial charge in [0.2, 0.25) is 0 Å². The lowest BCUT2D eigenvalue weighted by atomic mass is 10.1. The number of morpholine rings is 1. The number of Topliss-reactive ketones (excluding diaryl/α,β-unsaturated/α-hetero) is 1. The molecule has 0 radical (unpaired) electrons. The number of carbonyl (C=O) groups excluding carboxylic acids is 1. The van der Waals surface area contributed by atoms with Crippen LogP contribution in [0.4, 0.5) is 0 Å². The van der Waals surface area contributed by atoms with Crippen LogP contribution in [0, 0.1) is 0 Å². The highest BCUT2D eigenvalue weighted by atomic mass is 16.5. The second-order valence-corrected chi connectivity index (χ2v) is 4.80. The molecule has 2 heterocycles. The summed E-state index contributed by atoms with van der Waals surface area (Å²) in [6.07, 6.45) is 2.59. The van der Waals surface area contributed by atoms with Crippen LogP contribution in [0.15, 0.2) is 6.33 Å². The molecule has 0 aromatic carbocycles. The van der Waals surface area contributed by atoms with E-state index >= 15 is 0 Å². The molecule has 0 amide bonds. The minimum Gasteiger partial charge on any atom is -0.368 e. The number of ether oxygens (including phenoxy) is 1. The third-order valence-corrected chi connectivity index (χ3v) is 3.38. The molecule has 1 saturated heterocycles. The van der Waals surface area contributed by atoms with Gasteiger partial charge in [-0.1, -0.05) is 6.92 Å². The van der Waals surface area contributed by atoms with Crippen LogP contribution in [-0.2, 0) is 22.5 Å². The van der Waals surface area contributed by atoms with Gasteiger partial charge in [0.15, 0.2) is 5.78 Å². The molecule has 1 aromatic rings. The van der Waals surface area contributed by atoms with E-state index in [-0.39, 0.29) is 11.9 Å². The Hall–Kier alpha value is -1.27. The van der Waals surface area contributed by atoms with Crippen molar-refractivity contribution in [2.24, 2.45) is 0 Å². The van der Waals surface area contributed by atoms with E-state index in [9.17, 15) is 4.79 Å². The maximum absolute atomic E-state index is 12.3. The minimum atomic E-state index is -0.317. The second kappa shape index (κ2) is 6.77. The van der Waals surface area contributed by atoms with Crippen LogP contribution < -0.4 is 0 Å². The van der Waals surface area contributed by atoms with Crippen molar-refractivity contribution in [3.63, 3.8) is 0 Å². The standard InChI is InChI=1S/C13H22N4O2/c1-3-5-16-6-7-19-12(9-16)11(18)8-13-14-10-15-17(13)4-2/h10,12H,3-9H2,1-2H3. The van der Waals surface area contributed by atoms with Crippen molar-refractivity contribution in [3.05, 3.63) is 12.2 Å². The minimum absolute atomic E-state index is 0.100. The Morgan fingerprint density at radius 3 is 3.11 bits per heavy atom. The lowest BCUT2D eigenvalue weighted by Crippen LogP contribution is -2.46. The van der Waals surface area contributed by atoms with E-state index in [1.54, 1.807) is 4.68 Å². The zero-order valence-corrected chi connectivity index (χ0v) is 11.7. The summed E-state index contributed by atoms with van der Waals surface area (Å²) in [5, 5.41) is 4.08. The highest BCUT2D eigenvalue weighted by molar-refractivity contribution is 5.85. The summed E-state index contributed by atoms with van der Waals surface area (Å²) in [5.74, 6) is 0.826. The van der Waals surface area contributed by atoms with E-state index in [1.165, 1.54) is 6.33 Å². The van der Waals surface area contributed by atoms with Crippen molar-refractivity contribution < 1.29 is 9.53 Å². The summed E-state index contributed by atoms with van der Waals surface area (Å²) in [7, 11) is 0. The van der Waals surface area contributed by atoms with Crippen LogP contribution in [0.1, 0.15) is 26.1 Å². The van der Waals surface area contributed by atoms with Gasteiger partial charge >= 0.3 is 0 Å². The summed E-state index contributed by atoms with van der Waals surface area (Å²) in [5.41, 5.74) is 0. The average Bonchev–Trinajstić information content (AvgIpc) is 2.86. The molecular weight excluding hydrogens is 244 g/mol. The van der Waals surface area contributed by atoms with Gasteiger partial charge in [0, 0.05) is 19.6 Å². The molecule has 106 valence electrons. The van der Waals surface area contributed by atoms with Crippen LogP contribution in [0.5, 0.6) is 0 Å². The molecule has 6 heteroatoms. The highest BCUT2D eigenvalue weighted by Gasteiger charge is 2.27. The van der Waals surface area contributed by atoms with Crippen LogP contribution in [-0.4, -0.2) is 57.8 Å². The predicted molar refractivity (Wildman–Crippen MR) is 70.9 cm³/mol. The Morgan fingerprint density at radius 1 is 1.53 bits per heavy atom. The van der Waals surface area contributed by atoms with E-state index in [0.29, 0.717) is 19.6 Å². The summed E-state index contributed by atoms with van der Waals surface area (Å²) in [4.78, 5) is 18.7. The monoisotopic (exact) mass is 266 g/mol. The number of aryl methyl sites for hydroxylation is 1. The van der Waals surface area contributed by atoms with E-state index in [1.807, 2.05) is 6.92 Å². The highest BCUT2D eigenvalue weighted by Crippen LogP contribution is 2.09. The average molecular weight is 266 g/mol. The fourth-order valence-electron chi connectivity index (χ4n) is 2.38. The van der Waals surface area contributed by atoms with E-state index < -0.39 is 0 Å². The molecule has 0 spiro atoms. The molecule has 0 N–H and O–H groups in total. The maximum atomic E-state index is 12.3. The number of nitrogens with zero attached hydrogens (tertiary/aromatic N) is 4. The fourth-order valence-corrected chi connectivity index (χ4v) is 2.38. The third kappa shape index (κ3) is 3.61. The first-order chi connectivity index (χ1) is 9.24. The number of hydrogen-bond acceptors (Lipinski definition) is 5. The van der Waals surface area contributed by atoms with Gasteiger partial charge in [-0.3, -0.25) is 9.69 Å². The number of rotatable bonds is 6. The number of carbonyl (C=O) groups is 1. The van der Waals surface area contributed by atoms with Crippen LogP contribution >= 0.6 is 0 Å². The summed E-state index contributed by atoms with van der Waals surface area (Å²) >= 11 is 0. The molecule has 1 aliphatic rings. The first kappa shape index (κ1) is 14.1. The van der Waals surface area contributed by atoms with E-state index in [4.69, 9.17) is 4.74 Å². The topological polar surface area (TPSA) is 60.2 Å². The van der Waals surface area contributed by atoms with Crippen LogP contribution in [0.25, 0.3) is 0 Å². The molecule has 19 heavy (non-hydrogen) atoms. The Morgan fingerprint density at radius 2 is 2.37 bits per heavy atom. The summed E-state index contributed by atoms with van der Waals surface area (Å²) in [6.45, 7) is 8.15. The molecule has 6 nitrogen and oxygen atoms in total. The van der Waals surface area contributed by atoms with Crippen molar-refractivity contribution >= 4 is 5.78 Å². The molecule has 1 aliphatic heterocycles. The van der Waals surface area contributed by atoms with Crippen LogP contribution in [0.3, 0.4) is 0 Å². The Kier molecular flexibility index (Phi) is 5.04. The number of ketones is 1. The van der Waals surface area contributed by atoms with Gasteiger partial charge in [-0.25, -0.2) is 9.67 Å². The SMILES string of the molecule is CCCN1CCOC(C(=O)Cc2ncnn2CC)C1. The van der Waals surface area contributed by atoms with Crippen LogP contribution in [0.2, 0.25) is 0 Å². The maximum Gasteiger partial charge on any atom is 0.170 e. The van der Waals surface area contributed by atoms with E-state index in [0.717, 1.165) is 31.9 Å². The third-order valence-electron chi connectivity index (χ3n) is 3.38. The molecule has 0 aliphatic carbocycles. The molecular formula is C13H22N4O2. The molecule has 1 atom stereocenters. The van der Waals surface area contributed by atoms with Crippen molar-refractivity contribution in [2.75, 3.05) is 26.2 Å². The van der Waals surface area contributed by atoms with E-state index in [2.05, 4.69) is 21.9 Å². The van der Waals surface area contributed by atoms with Crippen molar-refractivity contribution in [3.8, 4) is 0 Å². The molecule has 2 rings (SSSR count). The molecule has 0 bridgehead atoms. The summed E-state index contributed by atoms with van der Waals surface area (Å²) in [6, 6.07) is 0. The Labute approximate surface area is 113 Å². The second-order valence-electron chi connectivity index (χ2n) is 4.80. The lowest BCUT2D eigenvalue weighted by molar-refractivity contribution is -0.135. The van der Waals surface area contributed by atoms with Gasteiger partial charge in [-0.2, -0.15) is 5.10 Å². The first-order valence-electron chi connectivity index (χ1n) is 6.98. The Balaban J connectivity index is 1.92. The zero-order valence-electron chi connectivity index (χ0n) is 11.7. The smallest absolute Gasteiger partial charge is 0.170 e. The normalized spacial score (nSPS) is 20.6. The van der Waals surface area contributed by atoms with Gasteiger partial charge < -0.3 is 4.74 Å². The number of hydrogen-bond donors (Lipinski definition) is 0. The van der Waals surface area contributed by atoms with Gasteiger partial charge in [-0.15, -0.1) is 0 Å². The lowest BCUT2D eigenvalue weighted by Gasteiger charge is -2.31. The van der Waals surface area contributed by atoms with Crippen molar-refractivity contribution in [1.82, 2.24) is 19.7 Å². The van der Waals surface area contributed by atoms with Gasteiger partial charge in [0.05, 0.1) is 13.0 Å². The first-order valence-corrected chi connectivity index (χ1v) is 6.98. The molecule has 0 saturated carbocycles. The van der Waals surface area contributed by atoms with Gasteiger partial charge in [0.25, 0.3) is 0 Å². The predicted octanol–water partition coefficient (Wildman–Crippen LogP) is 0.520. The van der Waals surface area contributed by atoms with Crippen molar-refractivity contribution in [2.45, 2.75) is 39.3 Å². The largest absolute Gasteiger partial charge is 0.368 e. The molecule has 1 unspecified atom stereocenters. The van der Waals surface area contributed by atoms with Gasteiger partial charge in [-0.05, 0) is 19.9 Å². The van der Waals surface area contributed by atoms with Crippen molar-refractivity contribution in [1.29, 1.82) is 0 Å². The quantitative estimate of drug-likeness (QED) is 0.751. The molecule has 1 aromatic heterocycles.